The van der Waals surface area contributed by atoms with Gasteiger partial charge < -0.3 is 0 Å². The third-order valence-electron chi connectivity index (χ3n) is 0.118. The molecule has 0 aliphatic heterocycles. The molecule has 4 heavy (non-hydrogen) atoms. The molecule has 0 nitrogen and oxygen atoms in total. The molecular formula is C2H6S2. The highest BCUT2D eigenvalue weighted by atomic mass is 32.8. The van der Waals surface area contributed by atoms with E-state index in [9.17, 15) is 0 Å². The molecule has 0 aliphatic carbocycles. The fraction of sp³-hybridized carbons (Fsp3) is 1.00. The first-order chi connectivity index (χ1) is 2.27. The molecule has 0 saturated carbocycles. The van der Waals surface area contributed by atoms with Crippen LogP contribution in [0.25, 0.3) is 0 Å². The van der Waals surface area contributed by atoms with Crippen molar-refractivity contribution in [3.05, 3.63) is 0 Å². The SMILES string of the molecule is [3H]S(=S)CC. The summed E-state index contributed by atoms with van der Waals surface area (Å²) >= 11 is 4.47. The Kier molecular flexibility index (Phi) is 2.49. The molecule has 26 valence electrons. The maximum atomic E-state index is 6.67. The largest absolute Gasteiger partial charge is 0.136 e. The van der Waals surface area contributed by atoms with Crippen molar-refractivity contribution in [2.24, 2.45) is 0 Å². The quantitative estimate of drug-likeness (QED) is 0.458. The van der Waals surface area contributed by atoms with E-state index in [1.807, 2.05) is 6.92 Å². The molecule has 0 fully saturated rings. The molecule has 0 aliphatic rings. The molecule has 0 aromatic heterocycles. The van der Waals surface area contributed by atoms with Crippen LogP contribution in [0, 0.1) is 0 Å². The third-order valence-corrected chi connectivity index (χ3v) is 1.06. The molecule has 0 rings (SSSR count). The lowest BCUT2D eigenvalue weighted by atomic mass is 11.0. The van der Waals surface area contributed by atoms with Gasteiger partial charge in [-0.25, -0.2) is 0 Å². The summed E-state index contributed by atoms with van der Waals surface area (Å²) in [5.74, 6) is 0.815. The van der Waals surface area contributed by atoms with Crippen LogP contribution in [0.4, 0.5) is 0 Å². The van der Waals surface area contributed by atoms with E-state index in [1.54, 1.807) is 0 Å². The average molecular weight is 96.2 g/mol. The summed E-state index contributed by atoms with van der Waals surface area (Å²) in [6.45, 7) is 1.92. The van der Waals surface area contributed by atoms with Gasteiger partial charge in [0.15, 0.2) is 0 Å². The van der Waals surface area contributed by atoms with Crippen LogP contribution in [0.15, 0.2) is 0 Å². The predicted molar refractivity (Wildman–Crippen MR) is 26.7 cm³/mol. The number of hydrogen-bond donors (Lipinski definition) is 1. The summed E-state index contributed by atoms with van der Waals surface area (Å²) in [5.41, 5.74) is 0. The van der Waals surface area contributed by atoms with E-state index in [2.05, 4.69) is 11.2 Å². The standard InChI is InChI=1S/C2H6S2/c1-2-4-3/h4H,2H2,1H3/i4T. The molecule has 1 unspecified atom stereocenters. The molecule has 0 amide bonds. The van der Waals surface area contributed by atoms with Crippen LogP contribution in [-0.4, -0.2) is 6.88 Å². The summed E-state index contributed by atoms with van der Waals surface area (Å²) in [5, 5.41) is 0. The Hall–Kier alpha value is 0.570. The summed E-state index contributed by atoms with van der Waals surface area (Å²) in [6, 6.07) is 0. The van der Waals surface area contributed by atoms with Crippen molar-refractivity contribution in [3.63, 3.8) is 0 Å². The number of hydrogen-bond acceptors (Lipinski definition) is 1. The van der Waals surface area contributed by atoms with Crippen molar-refractivity contribution in [2.75, 3.05) is 5.75 Å². The summed E-state index contributed by atoms with van der Waals surface area (Å²) in [6.07, 6.45) is 0. The van der Waals surface area contributed by atoms with Crippen molar-refractivity contribution >= 4 is 21.4 Å². The molecular weight excluding hydrogens is 88.2 g/mol. The van der Waals surface area contributed by atoms with Crippen LogP contribution in [-0.2, 0) is 21.4 Å². The van der Waals surface area contributed by atoms with Crippen molar-refractivity contribution in [1.29, 1.82) is 1.12 Å². The van der Waals surface area contributed by atoms with Gasteiger partial charge in [0.2, 0.25) is 0 Å². The van der Waals surface area contributed by atoms with Gasteiger partial charge in [0.25, 0.3) is 0 Å². The summed E-state index contributed by atoms with van der Waals surface area (Å²) in [4.78, 5) is 0. The highest BCUT2D eigenvalue weighted by molar-refractivity contribution is 8.17. The molecule has 0 saturated heterocycles. The van der Waals surface area contributed by atoms with Crippen LogP contribution in [0.1, 0.15) is 6.92 Å². The Morgan fingerprint density at radius 1 is 2.50 bits per heavy atom. The van der Waals surface area contributed by atoms with E-state index in [0.717, 1.165) is 5.75 Å². The molecule has 0 radical (unpaired) electrons. The van der Waals surface area contributed by atoms with E-state index >= 15 is 0 Å². The first-order valence-corrected chi connectivity index (χ1v) is 3.07. The van der Waals surface area contributed by atoms with Crippen molar-refractivity contribution < 1.29 is 0 Å². The van der Waals surface area contributed by atoms with Gasteiger partial charge in [0, 0.05) is 0 Å². The monoisotopic (exact) mass is 96.0 g/mol. The second-order valence-corrected chi connectivity index (χ2v) is 1.93. The van der Waals surface area contributed by atoms with Crippen LogP contribution in [0.5, 0.6) is 0 Å². The van der Waals surface area contributed by atoms with E-state index in [0.29, 0.717) is 0 Å². The minimum absolute atomic E-state index is 0.489. The van der Waals surface area contributed by atoms with Gasteiger partial charge in [-0.15, -0.1) is 10.2 Å². The zero-order valence-corrected chi connectivity index (χ0v) is 4.16. The predicted octanol–water partition coefficient (Wildman–Crippen LogP) is 0.283. The lowest BCUT2D eigenvalue weighted by Gasteiger charge is -1.57. The lowest BCUT2D eigenvalue weighted by molar-refractivity contribution is 1.54. The van der Waals surface area contributed by atoms with E-state index in [-0.39, 0.29) is 0 Å². The molecule has 0 aromatic rings. The molecule has 0 spiro atoms. The molecule has 2 heteroatoms. The van der Waals surface area contributed by atoms with Gasteiger partial charge in [-0.1, -0.05) is 18.1 Å². The zero-order valence-electron chi connectivity index (χ0n) is 3.52. The average Bonchev–Trinajstić information content (AvgIpc) is 1.38. The fourth-order valence-electron chi connectivity index (χ4n) is 0. The van der Waals surface area contributed by atoms with Gasteiger partial charge in [-0.2, -0.15) is 0 Å². The minimum Gasteiger partial charge on any atom is -0.136 e. The second kappa shape index (κ2) is 3.57. The van der Waals surface area contributed by atoms with Gasteiger partial charge in [-0.05, 0) is 5.75 Å². The molecule has 0 bridgehead atoms. The maximum absolute atomic E-state index is 6.67. The highest BCUT2D eigenvalue weighted by Gasteiger charge is 1.45. The third kappa shape index (κ3) is 2.57. The Morgan fingerprint density at radius 2 is 2.75 bits per heavy atom. The van der Waals surface area contributed by atoms with Crippen molar-refractivity contribution in [3.8, 4) is 0 Å². The van der Waals surface area contributed by atoms with Crippen LogP contribution >= 0.6 is 0 Å². The van der Waals surface area contributed by atoms with Crippen LogP contribution < -0.4 is 0 Å². The Balaban J connectivity index is 2.85. The van der Waals surface area contributed by atoms with Crippen molar-refractivity contribution in [1.82, 2.24) is 0 Å². The summed E-state index contributed by atoms with van der Waals surface area (Å²) in [7, 11) is -0.489. The lowest BCUT2D eigenvalue weighted by Crippen LogP contribution is -1.58. The Labute approximate surface area is 35.9 Å². The minimum atomic E-state index is -0.489. The normalized spacial score (nSPS) is 18.8. The van der Waals surface area contributed by atoms with E-state index in [4.69, 9.17) is 1.12 Å². The van der Waals surface area contributed by atoms with E-state index in [1.165, 1.54) is 0 Å². The van der Waals surface area contributed by atoms with E-state index < -0.39 is 10.2 Å². The van der Waals surface area contributed by atoms with Gasteiger partial charge in [-0.3, -0.25) is 0 Å². The Morgan fingerprint density at radius 3 is 2.75 bits per heavy atom. The zero-order chi connectivity index (χ0) is 4.28. The molecule has 0 heterocycles. The fourth-order valence-corrected chi connectivity index (χ4v) is 0. The van der Waals surface area contributed by atoms with Crippen LogP contribution in [0.3, 0.4) is 0 Å². The first kappa shape index (κ1) is 2.79. The topological polar surface area (TPSA) is 0 Å². The van der Waals surface area contributed by atoms with Gasteiger partial charge in [0.1, 0.15) is 1.12 Å². The summed E-state index contributed by atoms with van der Waals surface area (Å²) < 4.78 is 6.67. The number of rotatable bonds is 1. The van der Waals surface area contributed by atoms with Gasteiger partial charge in [0.05, 0.1) is 0 Å². The Bertz CT molecular complexity index is 42.9. The smallest absolute Gasteiger partial charge is 0.108 e. The maximum Gasteiger partial charge on any atom is 0.108 e. The first-order valence-electron chi connectivity index (χ1n) is 1.57. The molecule has 1 atom stereocenters. The highest BCUT2D eigenvalue weighted by Crippen LogP contribution is 1.46. The molecule has 0 N–H and O–H groups in total. The second-order valence-electron chi connectivity index (χ2n) is 0.407. The van der Waals surface area contributed by atoms with Crippen molar-refractivity contribution in [2.45, 2.75) is 6.92 Å². The molecule has 0 aromatic carbocycles. The van der Waals surface area contributed by atoms with Crippen LogP contribution in [0.2, 0.25) is 0 Å². The van der Waals surface area contributed by atoms with Gasteiger partial charge >= 0.3 is 0 Å². The number of thiol groups is 1.